The van der Waals surface area contributed by atoms with Gasteiger partial charge in [0, 0.05) is 53.4 Å². The first-order valence-electron chi connectivity index (χ1n) is 13.0. The molecular formula is C29H28IN3O9. The zero-order valence-electron chi connectivity index (χ0n) is 22.6. The maximum absolute atomic E-state index is 13.8. The maximum atomic E-state index is 13.8. The summed E-state index contributed by atoms with van der Waals surface area (Å²) >= 11 is 2.12. The lowest BCUT2D eigenvalue weighted by Gasteiger charge is -2.46. The van der Waals surface area contributed by atoms with E-state index in [1.165, 1.54) is 0 Å². The summed E-state index contributed by atoms with van der Waals surface area (Å²) in [5.74, 6) is -6.66. The number of carbonyl (C=O) groups excluding carboxylic acids is 4. The van der Waals surface area contributed by atoms with Crippen LogP contribution in [0.3, 0.4) is 0 Å². The number of Topliss-reactive ketones (excluding diaryl/α,β-unsaturated/α-hetero) is 2. The van der Waals surface area contributed by atoms with Crippen molar-refractivity contribution in [1.29, 1.82) is 0 Å². The fourth-order valence-corrected chi connectivity index (χ4v) is 6.43. The van der Waals surface area contributed by atoms with Gasteiger partial charge in [-0.05, 0) is 77.2 Å². The predicted octanol–water partition coefficient (Wildman–Crippen LogP) is 2.38. The minimum Gasteiger partial charge on any atom is -0.508 e. The van der Waals surface area contributed by atoms with Gasteiger partial charge in [0.05, 0.1) is 5.56 Å². The first kappa shape index (κ1) is 29.4. The molecule has 2 aromatic rings. The number of nitrogens with zero attached hydrogens (tertiary/aromatic N) is 1. The summed E-state index contributed by atoms with van der Waals surface area (Å²) in [5, 5.41) is 47.5. The van der Waals surface area contributed by atoms with Gasteiger partial charge in [-0.15, -0.1) is 0 Å². The number of nitrogens with two attached hydrogens (primary N) is 1. The quantitative estimate of drug-likeness (QED) is 0.200. The molecule has 42 heavy (non-hydrogen) atoms. The number of anilines is 1. The molecule has 0 bridgehead atoms. The van der Waals surface area contributed by atoms with Crippen molar-refractivity contribution in [2.75, 3.05) is 19.0 Å². The number of amides is 2. The fourth-order valence-electron chi connectivity index (χ4n) is 6.07. The van der Waals surface area contributed by atoms with Gasteiger partial charge in [0.1, 0.15) is 28.6 Å². The van der Waals surface area contributed by atoms with Gasteiger partial charge < -0.3 is 41.1 Å². The second-order valence-corrected chi connectivity index (χ2v) is 12.0. The first-order chi connectivity index (χ1) is 19.7. The van der Waals surface area contributed by atoms with Crippen LogP contribution in [0.5, 0.6) is 11.5 Å². The minimum atomic E-state index is -2.64. The Labute approximate surface area is 253 Å². The van der Waals surface area contributed by atoms with E-state index in [0.29, 0.717) is 17.0 Å². The second-order valence-electron chi connectivity index (χ2n) is 10.8. The van der Waals surface area contributed by atoms with Crippen molar-refractivity contribution < 1.29 is 44.3 Å². The number of hydrogen-bond acceptors (Lipinski definition) is 10. The Hall–Kier alpha value is -4.11. The van der Waals surface area contributed by atoms with E-state index in [9.17, 15) is 39.6 Å². The van der Waals surface area contributed by atoms with Gasteiger partial charge in [-0.2, -0.15) is 0 Å². The smallest absolute Gasteiger partial charge is 0.412 e. The minimum absolute atomic E-state index is 0.0320. The Morgan fingerprint density at radius 1 is 1.14 bits per heavy atom. The third kappa shape index (κ3) is 4.65. The molecule has 7 N–H and O–H groups in total. The highest BCUT2D eigenvalue weighted by Crippen LogP contribution is 2.53. The van der Waals surface area contributed by atoms with Gasteiger partial charge in [0.25, 0.3) is 5.91 Å². The molecule has 0 spiro atoms. The van der Waals surface area contributed by atoms with Gasteiger partial charge in [-0.25, -0.2) is 4.79 Å². The van der Waals surface area contributed by atoms with Crippen LogP contribution in [0.25, 0.3) is 5.76 Å². The van der Waals surface area contributed by atoms with Gasteiger partial charge in [0.2, 0.25) is 5.78 Å². The predicted molar refractivity (Wildman–Crippen MR) is 158 cm³/mol. The van der Waals surface area contributed by atoms with Gasteiger partial charge >= 0.3 is 6.09 Å². The molecule has 0 heterocycles. The number of nitrogens with one attached hydrogen (secondary N) is 1. The number of aliphatic hydroxyl groups is 3. The van der Waals surface area contributed by atoms with Crippen molar-refractivity contribution >= 4 is 57.6 Å². The Bertz CT molecular complexity index is 1610. The van der Waals surface area contributed by atoms with Crippen molar-refractivity contribution in [3.05, 3.63) is 67.5 Å². The Balaban J connectivity index is 1.54. The normalized spacial score (nSPS) is 23.1. The molecule has 2 aromatic carbocycles. The number of benzene rings is 2. The highest BCUT2D eigenvalue weighted by atomic mass is 127. The van der Waals surface area contributed by atoms with Crippen molar-refractivity contribution in [2.45, 2.75) is 31.4 Å². The van der Waals surface area contributed by atoms with Crippen LogP contribution in [0.15, 0.2) is 47.2 Å². The number of hydrogen-bond donors (Lipinski definition) is 6. The molecule has 0 saturated heterocycles. The van der Waals surface area contributed by atoms with Crippen LogP contribution in [0.1, 0.15) is 29.5 Å². The lowest BCUT2D eigenvalue weighted by molar-refractivity contribution is -0.147. The molecule has 0 radical (unpaired) electrons. The van der Waals surface area contributed by atoms with Gasteiger partial charge in [-0.1, -0.05) is 0 Å². The van der Waals surface area contributed by atoms with Gasteiger partial charge in [0.15, 0.2) is 11.4 Å². The van der Waals surface area contributed by atoms with E-state index in [1.54, 1.807) is 49.3 Å². The van der Waals surface area contributed by atoms with Crippen molar-refractivity contribution in [3.8, 4) is 11.5 Å². The van der Waals surface area contributed by atoms with Crippen LogP contribution in [-0.2, 0) is 27.3 Å². The summed E-state index contributed by atoms with van der Waals surface area (Å²) in [7, 11) is 3.51. The third-order valence-electron chi connectivity index (χ3n) is 8.05. The average molecular weight is 689 g/mol. The Morgan fingerprint density at radius 3 is 2.43 bits per heavy atom. The molecule has 0 aliphatic heterocycles. The first-order valence-corrected chi connectivity index (χ1v) is 14.1. The van der Waals surface area contributed by atoms with E-state index in [4.69, 9.17) is 10.5 Å². The van der Waals surface area contributed by atoms with E-state index in [-0.39, 0.29) is 36.1 Å². The average Bonchev–Trinajstić information content (AvgIpc) is 2.91. The molecule has 12 nitrogen and oxygen atoms in total. The summed E-state index contributed by atoms with van der Waals surface area (Å²) in [6, 6.07) is 8.45. The lowest BCUT2D eigenvalue weighted by Crippen LogP contribution is -2.58. The van der Waals surface area contributed by atoms with Crippen LogP contribution in [0, 0.1) is 15.4 Å². The Morgan fingerprint density at radius 2 is 1.81 bits per heavy atom. The number of phenolic OH excluding ortho intramolecular Hbond substituents is 1. The van der Waals surface area contributed by atoms with Crippen LogP contribution < -0.4 is 20.7 Å². The summed E-state index contributed by atoms with van der Waals surface area (Å²) < 4.78 is 6.23. The number of rotatable bonds is 5. The molecule has 0 aromatic heterocycles. The summed E-state index contributed by atoms with van der Waals surface area (Å²) in [5.41, 5.74) is 2.78. The number of ketones is 2. The summed E-state index contributed by atoms with van der Waals surface area (Å²) in [6.45, 7) is -0.192. The SMILES string of the molecule is CN(C)c1cc(CNC(=O)Oc2ccc(I)cc2)c(O)c2c1C[C@H]1C[C@H]3CC(=O)C(C(N)=O)=C(O)[C@@]3(O)C(=O)C1=C2O. The molecule has 1 fully saturated rings. The summed E-state index contributed by atoms with van der Waals surface area (Å²) in [4.78, 5) is 52.3. The molecule has 3 atom stereocenters. The lowest BCUT2D eigenvalue weighted by atomic mass is 9.59. The molecular weight excluding hydrogens is 661 g/mol. The molecule has 1 saturated carbocycles. The van der Waals surface area contributed by atoms with Crippen LogP contribution in [-0.4, -0.2) is 63.7 Å². The van der Waals surface area contributed by atoms with Crippen molar-refractivity contribution in [3.63, 3.8) is 0 Å². The standard InChI is InChI=1S/C29H28IN3O9/c1-33(2)18-9-13(11-32-28(40)42-16-5-3-15(30)4-6-16)23(35)21-17(18)8-12-7-14-10-19(34)22(27(31)39)26(38)29(14,41)25(37)20(12)24(21)36/h3-6,9,12,14,35-36,38,41H,7-8,10-11H2,1-2H3,(H2,31,39)(H,32,40)/t12-,14+,29+/m1/s1. The fraction of sp³-hybridized carbons (Fsp3) is 0.310. The number of primary amides is 1. The molecule has 13 heteroatoms. The number of halogens is 1. The van der Waals surface area contributed by atoms with Gasteiger partial charge in [-0.3, -0.25) is 14.4 Å². The molecule has 3 aliphatic carbocycles. The third-order valence-corrected chi connectivity index (χ3v) is 8.77. The Kier molecular flexibility index (Phi) is 7.43. The summed E-state index contributed by atoms with van der Waals surface area (Å²) in [6.07, 6.45) is -0.976. The number of aliphatic hydroxyl groups excluding tert-OH is 2. The zero-order chi connectivity index (χ0) is 30.7. The second kappa shape index (κ2) is 10.6. The number of phenols is 1. The van der Waals surface area contributed by atoms with E-state index >= 15 is 0 Å². The molecule has 5 rings (SSSR count). The maximum Gasteiger partial charge on any atom is 0.412 e. The highest BCUT2D eigenvalue weighted by molar-refractivity contribution is 14.1. The van der Waals surface area contributed by atoms with E-state index in [1.807, 2.05) is 0 Å². The van der Waals surface area contributed by atoms with Crippen LogP contribution in [0.2, 0.25) is 0 Å². The van der Waals surface area contributed by atoms with E-state index in [2.05, 4.69) is 27.9 Å². The van der Waals surface area contributed by atoms with Crippen LogP contribution in [0.4, 0.5) is 10.5 Å². The van der Waals surface area contributed by atoms with E-state index < -0.39 is 70.3 Å². The van der Waals surface area contributed by atoms with E-state index in [0.717, 1.165) is 3.57 Å². The number of fused-ring (bicyclic) bond motifs is 3. The molecule has 0 unspecified atom stereocenters. The molecule has 2 amide bonds. The molecule has 220 valence electrons. The number of aromatic hydroxyl groups is 1. The monoisotopic (exact) mass is 689 g/mol. The topological polar surface area (TPSA) is 200 Å². The largest absolute Gasteiger partial charge is 0.508 e. The number of ether oxygens (including phenoxy) is 1. The highest BCUT2D eigenvalue weighted by Gasteiger charge is 2.60. The van der Waals surface area contributed by atoms with Crippen molar-refractivity contribution in [2.24, 2.45) is 17.6 Å². The molecule has 3 aliphatic rings. The number of carbonyl (C=O) groups is 4. The van der Waals surface area contributed by atoms with Crippen molar-refractivity contribution in [1.82, 2.24) is 5.32 Å². The zero-order valence-corrected chi connectivity index (χ0v) is 24.8. The van der Waals surface area contributed by atoms with Crippen LogP contribution >= 0.6 is 22.6 Å².